The van der Waals surface area contributed by atoms with Crippen LogP contribution < -0.4 is 5.32 Å². The van der Waals surface area contributed by atoms with E-state index in [4.69, 9.17) is 11.6 Å². The van der Waals surface area contributed by atoms with Crippen LogP contribution in [-0.2, 0) is 20.6 Å². The van der Waals surface area contributed by atoms with Crippen molar-refractivity contribution in [2.45, 2.75) is 11.8 Å². The highest BCUT2D eigenvalue weighted by Gasteiger charge is 2.38. The van der Waals surface area contributed by atoms with Crippen molar-refractivity contribution in [3.63, 3.8) is 0 Å². The van der Waals surface area contributed by atoms with Gasteiger partial charge in [0.1, 0.15) is 11.9 Å². The van der Waals surface area contributed by atoms with E-state index in [2.05, 4.69) is 5.32 Å². The second kappa shape index (κ2) is 7.11. The van der Waals surface area contributed by atoms with Crippen LogP contribution in [0.4, 0.5) is 4.39 Å². The van der Waals surface area contributed by atoms with Crippen LogP contribution >= 0.6 is 11.6 Å². The van der Waals surface area contributed by atoms with E-state index in [0.717, 1.165) is 0 Å². The third-order valence-electron chi connectivity index (χ3n) is 3.97. The van der Waals surface area contributed by atoms with Crippen molar-refractivity contribution in [3.8, 4) is 0 Å². The van der Waals surface area contributed by atoms with Gasteiger partial charge in [0.2, 0.25) is 15.9 Å². The molecular formula is C17H16ClFN2O3S. The zero-order chi connectivity index (χ0) is 18.0. The topological polar surface area (TPSA) is 66.5 Å². The van der Waals surface area contributed by atoms with Crippen LogP contribution in [-0.4, -0.2) is 31.7 Å². The Hall–Kier alpha value is -1.96. The van der Waals surface area contributed by atoms with Gasteiger partial charge in [-0.2, -0.15) is 4.31 Å². The molecule has 25 heavy (non-hydrogen) atoms. The number of rotatable bonds is 4. The summed E-state index contributed by atoms with van der Waals surface area (Å²) in [5, 5.41) is 3.18. The van der Waals surface area contributed by atoms with E-state index in [0.29, 0.717) is 16.1 Å². The standard InChI is InChI=1S/C17H16ClFN2O3S/c18-14-5-1-12(2-6-14)11-25(23,24)21-10-9-20-17(22)16(21)13-3-7-15(19)8-4-13/h1-8,16H,9-11H2,(H,20,22). The van der Waals surface area contributed by atoms with Gasteiger partial charge in [-0.1, -0.05) is 35.9 Å². The van der Waals surface area contributed by atoms with Crippen LogP contribution in [0.5, 0.6) is 0 Å². The van der Waals surface area contributed by atoms with Crippen LogP contribution in [0.15, 0.2) is 48.5 Å². The van der Waals surface area contributed by atoms with Gasteiger partial charge in [-0.15, -0.1) is 0 Å². The minimum absolute atomic E-state index is 0.156. The Bertz CT molecular complexity index is 870. The lowest BCUT2D eigenvalue weighted by Crippen LogP contribution is -2.52. The SMILES string of the molecule is O=C1NCCN(S(=O)(=O)Cc2ccc(Cl)cc2)C1c1ccc(F)cc1. The van der Waals surface area contributed by atoms with Gasteiger partial charge in [0, 0.05) is 18.1 Å². The van der Waals surface area contributed by atoms with E-state index < -0.39 is 27.8 Å². The Kier molecular flexibility index (Phi) is 5.08. The molecule has 0 spiro atoms. The van der Waals surface area contributed by atoms with Crippen LogP contribution in [0.25, 0.3) is 0 Å². The summed E-state index contributed by atoms with van der Waals surface area (Å²) in [4.78, 5) is 12.3. The zero-order valence-electron chi connectivity index (χ0n) is 13.2. The Morgan fingerprint density at radius 2 is 1.76 bits per heavy atom. The first-order valence-corrected chi connectivity index (χ1v) is 9.63. The predicted octanol–water partition coefficient (Wildman–Crippen LogP) is 2.48. The molecule has 2 aromatic rings. The van der Waals surface area contributed by atoms with Crippen molar-refractivity contribution >= 4 is 27.5 Å². The second-order valence-electron chi connectivity index (χ2n) is 5.74. The fourth-order valence-corrected chi connectivity index (χ4v) is 4.60. The van der Waals surface area contributed by atoms with Gasteiger partial charge in [-0.3, -0.25) is 4.79 Å². The van der Waals surface area contributed by atoms with E-state index >= 15 is 0 Å². The van der Waals surface area contributed by atoms with E-state index in [1.807, 2.05) is 0 Å². The normalized spacial score (nSPS) is 18.8. The molecule has 3 rings (SSSR count). The smallest absolute Gasteiger partial charge is 0.243 e. The van der Waals surface area contributed by atoms with Gasteiger partial charge in [0.15, 0.2) is 0 Å². The van der Waals surface area contributed by atoms with Gasteiger partial charge in [0.05, 0.1) is 5.75 Å². The quantitative estimate of drug-likeness (QED) is 0.883. The molecule has 0 aromatic heterocycles. The predicted molar refractivity (Wildman–Crippen MR) is 92.9 cm³/mol. The average Bonchev–Trinajstić information content (AvgIpc) is 2.57. The largest absolute Gasteiger partial charge is 0.353 e. The Morgan fingerprint density at radius 3 is 2.40 bits per heavy atom. The van der Waals surface area contributed by atoms with Crippen LogP contribution in [0, 0.1) is 5.82 Å². The maximum atomic E-state index is 13.2. The second-order valence-corrected chi connectivity index (χ2v) is 8.10. The van der Waals surface area contributed by atoms with Crippen molar-refractivity contribution in [1.82, 2.24) is 9.62 Å². The number of carbonyl (C=O) groups excluding carboxylic acids is 1. The number of hydrogen-bond donors (Lipinski definition) is 1. The molecule has 8 heteroatoms. The Morgan fingerprint density at radius 1 is 1.12 bits per heavy atom. The molecule has 1 saturated heterocycles. The molecule has 0 aliphatic carbocycles. The zero-order valence-corrected chi connectivity index (χ0v) is 14.7. The maximum Gasteiger partial charge on any atom is 0.243 e. The third-order valence-corrected chi connectivity index (χ3v) is 6.03. The summed E-state index contributed by atoms with van der Waals surface area (Å²) >= 11 is 5.82. The summed E-state index contributed by atoms with van der Waals surface area (Å²) in [7, 11) is -3.75. The number of sulfonamides is 1. The summed E-state index contributed by atoms with van der Waals surface area (Å²) in [6.07, 6.45) is 0. The fourth-order valence-electron chi connectivity index (χ4n) is 2.78. The van der Waals surface area contributed by atoms with Crippen molar-refractivity contribution in [3.05, 3.63) is 70.5 Å². The number of hydrogen-bond acceptors (Lipinski definition) is 3. The molecule has 2 aromatic carbocycles. The van der Waals surface area contributed by atoms with E-state index in [9.17, 15) is 17.6 Å². The summed E-state index contributed by atoms with van der Waals surface area (Å²) in [6, 6.07) is 10.8. The molecule has 1 unspecified atom stereocenters. The minimum atomic E-state index is -3.75. The van der Waals surface area contributed by atoms with Crippen molar-refractivity contribution in [1.29, 1.82) is 0 Å². The maximum absolute atomic E-state index is 13.2. The number of nitrogens with one attached hydrogen (secondary N) is 1. The molecule has 1 aliphatic heterocycles. The van der Waals surface area contributed by atoms with Gasteiger partial charge >= 0.3 is 0 Å². The Balaban J connectivity index is 1.92. The van der Waals surface area contributed by atoms with Gasteiger partial charge in [-0.05, 0) is 35.4 Å². The van der Waals surface area contributed by atoms with Gasteiger partial charge < -0.3 is 5.32 Å². The molecule has 1 heterocycles. The lowest BCUT2D eigenvalue weighted by atomic mass is 10.0. The minimum Gasteiger partial charge on any atom is -0.353 e. The molecule has 5 nitrogen and oxygen atoms in total. The number of piperazine rings is 1. The van der Waals surface area contributed by atoms with E-state index in [1.54, 1.807) is 24.3 Å². The summed E-state index contributed by atoms with van der Waals surface area (Å²) in [5.74, 6) is -1.11. The molecule has 1 N–H and O–H groups in total. The lowest BCUT2D eigenvalue weighted by molar-refractivity contribution is -0.126. The Labute approximate surface area is 150 Å². The number of carbonyl (C=O) groups is 1. The van der Waals surface area contributed by atoms with Gasteiger partial charge in [-0.25, -0.2) is 12.8 Å². The van der Waals surface area contributed by atoms with Crippen LogP contribution in [0.2, 0.25) is 5.02 Å². The third kappa shape index (κ3) is 4.00. The summed E-state index contributed by atoms with van der Waals surface area (Å²) in [6.45, 7) is 0.389. The van der Waals surface area contributed by atoms with Crippen LogP contribution in [0.1, 0.15) is 17.2 Å². The molecule has 1 fully saturated rings. The highest BCUT2D eigenvalue weighted by atomic mass is 35.5. The molecule has 1 amide bonds. The monoisotopic (exact) mass is 382 g/mol. The summed E-state index contributed by atoms with van der Waals surface area (Å²) in [5.41, 5.74) is 1.01. The number of amides is 1. The molecule has 1 atom stereocenters. The number of nitrogens with zero attached hydrogens (tertiary/aromatic N) is 1. The van der Waals surface area contributed by atoms with Crippen molar-refractivity contribution in [2.75, 3.05) is 13.1 Å². The first-order chi connectivity index (χ1) is 11.9. The first kappa shape index (κ1) is 17.8. The molecule has 0 saturated carbocycles. The van der Waals surface area contributed by atoms with E-state index in [1.165, 1.54) is 28.6 Å². The molecular weight excluding hydrogens is 367 g/mol. The fraction of sp³-hybridized carbons (Fsp3) is 0.235. The molecule has 132 valence electrons. The lowest BCUT2D eigenvalue weighted by Gasteiger charge is -2.34. The first-order valence-electron chi connectivity index (χ1n) is 7.64. The molecule has 0 radical (unpaired) electrons. The van der Waals surface area contributed by atoms with Gasteiger partial charge in [0.25, 0.3) is 0 Å². The number of benzene rings is 2. The highest BCUT2D eigenvalue weighted by molar-refractivity contribution is 7.88. The van der Waals surface area contributed by atoms with Crippen LogP contribution in [0.3, 0.4) is 0 Å². The highest BCUT2D eigenvalue weighted by Crippen LogP contribution is 2.28. The van der Waals surface area contributed by atoms with Crippen molar-refractivity contribution in [2.24, 2.45) is 0 Å². The summed E-state index contributed by atoms with van der Waals surface area (Å²) < 4.78 is 40.1. The van der Waals surface area contributed by atoms with Crippen molar-refractivity contribution < 1.29 is 17.6 Å². The molecule has 0 bridgehead atoms. The number of halogens is 2. The molecule has 1 aliphatic rings. The average molecular weight is 383 g/mol. The van der Waals surface area contributed by atoms with E-state index in [-0.39, 0.29) is 18.8 Å².